The Morgan fingerprint density at radius 3 is 2.81 bits per heavy atom. The van der Waals surface area contributed by atoms with Crippen LogP contribution in [-0.4, -0.2) is 17.6 Å². The summed E-state index contributed by atoms with van der Waals surface area (Å²) in [6.45, 7) is 0.718. The SMILES string of the molecule is O=C(OCc1ccccc1)N1CCc2c(Cl)cc(Cl)nc21. The first-order chi connectivity index (χ1) is 10.1. The molecule has 0 saturated carbocycles. The minimum absolute atomic E-state index is 0.222. The van der Waals surface area contributed by atoms with Crippen LogP contribution in [0.3, 0.4) is 0 Å². The zero-order valence-electron chi connectivity index (χ0n) is 11.1. The van der Waals surface area contributed by atoms with Crippen LogP contribution in [0.25, 0.3) is 0 Å². The third-order valence-electron chi connectivity index (χ3n) is 3.28. The molecular formula is C15H12Cl2N2O2. The van der Waals surface area contributed by atoms with E-state index in [0.29, 0.717) is 23.8 Å². The van der Waals surface area contributed by atoms with Crippen LogP contribution in [0.15, 0.2) is 36.4 Å². The predicted octanol–water partition coefficient (Wildman–Crippen LogP) is 4.09. The van der Waals surface area contributed by atoms with E-state index >= 15 is 0 Å². The summed E-state index contributed by atoms with van der Waals surface area (Å²) in [6.07, 6.45) is 0.210. The summed E-state index contributed by atoms with van der Waals surface area (Å²) in [7, 11) is 0. The number of benzene rings is 1. The molecule has 21 heavy (non-hydrogen) atoms. The number of amides is 1. The zero-order chi connectivity index (χ0) is 14.8. The van der Waals surface area contributed by atoms with E-state index in [1.165, 1.54) is 4.90 Å². The van der Waals surface area contributed by atoms with Crippen molar-refractivity contribution in [3.8, 4) is 0 Å². The quantitative estimate of drug-likeness (QED) is 0.782. The first-order valence-electron chi connectivity index (χ1n) is 6.48. The highest BCUT2D eigenvalue weighted by Gasteiger charge is 2.29. The molecule has 1 amide bonds. The van der Waals surface area contributed by atoms with E-state index in [9.17, 15) is 4.79 Å². The number of anilines is 1. The van der Waals surface area contributed by atoms with Gasteiger partial charge < -0.3 is 4.74 Å². The van der Waals surface area contributed by atoms with Crippen LogP contribution in [0, 0.1) is 0 Å². The summed E-state index contributed by atoms with van der Waals surface area (Å²) in [4.78, 5) is 17.8. The molecule has 4 nitrogen and oxygen atoms in total. The van der Waals surface area contributed by atoms with Crippen LogP contribution in [0.2, 0.25) is 10.2 Å². The maximum Gasteiger partial charge on any atom is 0.415 e. The molecular weight excluding hydrogens is 311 g/mol. The standard InChI is InChI=1S/C15H12Cl2N2O2/c16-12-8-13(17)18-14-11(12)6-7-19(14)15(20)21-9-10-4-2-1-3-5-10/h1-5,8H,6-7,9H2. The number of aromatic nitrogens is 1. The Kier molecular flexibility index (Phi) is 3.99. The molecule has 0 bridgehead atoms. The monoisotopic (exact) mass is 322 g/mol. The second-order valence-electron chi connectivity index (χ2n) is 4.67. The third kappa shape index (κ3) is 2.96. The van der Waals surface area contributed by atoms with Gasteiger partial charge in [-0.15, -0.1) is 0 Å². The van der Waals surface area contributed by atoms with Crippen LogP contribution in [0.5, 0.6) is 0 Å². The molecule has 2 aromatic rings. The Labute approximate surface area is 132 Å². The Morgan fingerprint density at radius 1 is 1.29 bits per heavy atom. The van der Waals surface area contributed by atoms with Crippen LogP contribution in [-0.2, 0) is 17.8 Å². The molecule has 1 aliphatic heterocycles. The number of rotatable bonds is 2. The van der Waals surface area contributed by atoms with Crippen molar-refractivity contribution in [1.82, 2.24) is 4.98 Å². The van der Waals surface area contributed by atoms with E-state index in [2.05, 4.69) is 4.98 Å². The first-order valence-corrected chi connectivity index (χ1v) is 7.24. The molecule has 0 unspecified atom stereocenters. The topological polar surface area (TPSA) is 42.4 Å². The first kappa shape index (κ1) is 14.2. The third-order valence-corrected chi connectivity index (χ3v) is 3.81. The molecule has 0 N–H and O–H groups in total. The molecule has 0 aliphatic carbocycles. The van der Waals surface area contributed by atoms with Gasteiger partial charge in [0.15, 0.2) is 0 Å². The summed E-state index contributed by atoms with van der Waals surface area (Å²) in [5.74, 6) is 0.491. The molecule has 0 fully saturated rings. The average molecular weight is 323 g/mol. The summed E-state index contributed by atoms with van der Waals surface area (Å²) in [5, 5.41) is 0.796. The van der Waals surface area contributed by atoms with E-state index in [0.717, 1.165) is 11.1 Å². The van der Waals surface area contributed by atoms with Crippen molar-refractivity contribution in [3.63, 3.8) is 0 Å². The van der Waals surface area contributed by atoms with Crippen molar-refractivity contribution in [2.24, 2.45) is 0 Å². The molecule has 0 atom stereocenters. The van der Waals surface area contributed by atoms with E-state index < -0.39 is 6.09 Å². The highest BCUT2D eigenvalue weighted by molar-refractivity contribution is 6.35. The van der Waals surface area contributed by atoms with Crippen molar-refractivity contribution < 1.29 is 9.53 Å². The summed E-state index contributed by atoms with van der Waals surface area (Å²) in [6, 6.07) is 11.1. The van der Waals surface area contributed by atoms with Gasteiger partial charge in [-0.1, -0.05) is 53.5 Å². The highest BCUT2D eigenvalue weighted by atomic mass is 35.5. The van der Waals surface area contributed by atoms with Crippen molar-refractivity contribution in [2.45, 2.75) is 13.0 Å². The number of fused-ring (bicyclic) bond motifs is 1. The Morgan fingerprint density at radius 2 is 2.05 bits per heavy atom. The molecule has 1 aliphatic rings. The number of hydrogen-bond acceptors (Lipinski definition) is 3. The largest absolute Gasteiger partial charge is 0.444 e. The zero-order valence-corrected chi connectivity index (χ0v) is 12.6. The van der Waals surface area contributed by atoms with Gasteiger partial charge in [-0.25, -0.2) is 9.78 Å². The maximum atomic E-state index is 12.2. The van der Waals surface area contributed by atoms with Gasteiger partial charge in [0.05, 0.1) is 5.02 Å². The maximum absolute atomic E-state index is 12.2. The number of pyridine rings is 1. The molecule has 3 rings (SSSR count). The number of halogens is 2. The van der Waals surface area contributed by atoms with Crippen molar-refractivity contribution >= 4 is 35.1 Å². The van der Waals surface area contributed by atoms with Crippen molar-refractivity contribution in [3.05, 3.63) is 57.7 Å². The second kappa shape index (κ2) is 5.92. The summed E-state index contributed by atoms with van der Waals surface area (Å²) >= 11 is 12.0. The molecule has 2 heterocycles. The Bertz CT molecular complexity index is 677. The van der Waals surface area contributed by atoms with Crippen LogP contribution in [0.1, 0.15) is 11.1 Å². The molecule has 1 aromatic carbocycles. The van der Waals surface area contributed by atoms with Gasteiger partial charge in [-0.2, -0.15) is 0 Å². The van der Waals surface area contributed by atoms with Gasteiger partial charge in [-0.3, -0.25) is 4.90 Å². The number of hydrogen-bond donors (Lipinski definition) is 0. The van der Waals surface area contributed by atoms with Gasteiger partial charge >= 0.3 is 6.09 Å². The van der Waals surface area contributed by atoms with Crippen LogP contribution < -0.4 is 4.90 Å². The Hall–Kier alpha value is -1.78. The highest BCUT2D eigenvalue weighted by Crippen LogP contribution is 2.34. The van der Waals surface area contributed by atoms with E-state index in [-0.39, 0.29) is 11.8 Å². The molecule has 0 saturated heterocycles. The molecule has 108 valence electrons. The predicted molar refractivity (Wildman–Crippen MR) is 81.9 cm³/mol. The van der Waals surface area contributed by atoms with Crippen LogP contribution >= 0.6 is 23.2 Å². The lowest BCUT2D eigenvalue weighted by Gasteiger charge is -2.16. The van der Waals surface area contributed by atoms with E-state index in [1.54, 1.807) is 6.07 Å². The van der Waals surface area contributed by atoms with Crippen LogP contribution in [0.4, 0.5) is 10.6 Å². The normalized spacial score (nSPS) is 13.1. The smallest absolute Gasteiger partial charge is 0.415 e. The van der Waals surface area contributed by atoms with Gasteiger partial charge in [0, 0.05) is 12.1 Å². The van der Waals surface area contributed by atoms with Gasteiger partial charge in [0.25, 0.3) is 0 Å². The van der Waals surface area contributed by atoms with E-state index in [4.69, 9.17) is 27.9 Å². The van der Waals surface area contributed by atoms with E-state index in [1.807, 2.05) is 30.3 Å². The summed E-state index contributed by atoms with van der Waals surface area (Å²) < 4.78 is 5.31. The van der Waals surface area contributed by atoms with Crippen molar-refractivity contribution in [2.75, 3.05) is 11.4 Å². The van der Waals surface area contributed by atoms with Gasteiger partial charge in [-0.05, 0) is 18.1 Å². The number of nitrogens with zero attached hydrogens (tertiary/aromatic N) is 2. The molecule has 0 radical (unpaired) electrons. The number of carbonyl (C=O) groups is 1. The lowest BCUT2D eigenvalue weighted by Crippen LogP contribution is -2.30. The summed E-state index contributed by atoms with van der Waals surface area (Å²) in [5.41, 5.74) is 1.76. The minimum Gasteiger partial charge on any atom is -0.444 e. The molecule has 1 aromatic heterocycles. The average Bonchev–Trinajstić information content (AvgIpc) is 2.90. The Balaban J connectivity index is 1.73. The fourth-order valence-electron chi connectivity index (χ4n) is 2.26. The second-order valence-corrected chi connectivity index (χ2v) is 5.47. The lowest BCUT2D eigenvalue weighted by atomic mass is 10.2. The minimum atomic E-state index is -0.441. The lowest BCUT2D eigenvalue weighted by molar-refractivity contribution is 0.147. The fourth-order valence-corrected chi connectivity index (χ4v) is 2.79. The molecule has 6 heteroatoms. The van der Waals surface area contributed by atoms with Crippen molar-refractivity contribution in [1.29, 1.82) is 0 Å². The molecule has 0 spiro atoms. The van der Waals surface area contributed by atoms with Gasteiger partial charge in [0.1, 0.15) is 17.6 Å². The fraction of sp³-hybridized carbons (Fsp3) is 0.200. The number of ether oxygens (including phenoxy) is 1. The number of carbonyl (C=O) groups excluding carboxylic acids is 1. The van der Waals surface area contributed by atoms with Gasteiger partial charge in [0.2, 0.25) is 0 Å².